The summed E-state index contributed by atoms with van der Waals surface area (Å²) in [5, 5.41) is 3.40. The minimum Gasteiger partial charge on any atom is -0.444 e. The van der Waals surface area contributed by atoms with Gasteiger partial charge in [0.1, 0.15) is 12.1 Å². The van der Waals surface area contributed by atoms with Crippen molar-refractivity contribution in [2.24, 2.45) is 0 Å². The van der Waals surface area contributed by atoms with Gasteiger partial charge in [0.15, 0.2) is 0 Å². The summed E-state index contributed by atoms with van der Waals surface area (Å²) in [5.74, 6) is 0.406. The van der Waals surface area contributed by atoms with Gasteiger partial charge in [-0.3, -0.25) is 0 Å². The van der Waals surface area contributed by atoms with Gasteiger partial charge in [0.2, 0.25) is 5.89 Å². The Balaban J connectivity index is 1.47. The van der Waals surface area contributed by atoms with E-state index in [0.717, 1.165) is 41.2 Å². The van der Waals surface area contributed by atoms with E-state index in [4.69, 9.17) is 9.15 Å². The van der Waals surface area contributed by atoms with Crippen LogP contribution in [0.3, 0.4) is 0 Å². The van der Waals surface area contributed by atoms with Crippen LogP contribution in [0.4, 0.5) is 15.8 Å². The van der Waals surface area contributed by atoms with E-state index in [0.29, 0.717) is 31.3 Å². The Labute approximate surface area is 164 Å². The van der Waals surface area contributed by atoms with Crippen LogP contribution in [0.2, 0.25) is 0 Å². The lowest BCUT2D eigenvalue weighted by molar-refractivity contribution is 0.122. The Morgan fingerprint density at radius 3 is 2.64 bits per heavy atom. The van der Waals surface area contributed by atoms with E-state index in [1.807, 2.05) is 49.1 Å². The SMILES string of the molecule is Cc1coc(-c2ccc(C)c(NCc3ccc(N4CCOCC4)c(F)c3)c2)n1. The van der Waals surface area contributed by atoms with Gasteiger partial charge in [-0.2, -0.15) is 0 Å². The second kappa shape index (κ2) is 8.02. The van der Waals surface area contributed by atoms with Gasteiger partial charge < -0.3 is 19.4 Å². The first-order valence-electron chi connectivity index (χ1n) is 9.48. The topological polar surface area (TPSA) is 50.5 Å². The van der Waals surface area contributed by atoms with Gasteiger partial charge in [-0.15, -0.1) is 0 Å². The zero-order valence-electron chi connectivity index (χ0n) is 16.2. The fourth-order valence-electron chi connectivity index (χ4n) is 3.35. The van der Waals surface area contributed by atoms with E-state index in [1.54, 1.807) is 12.3 Å². The molecule has 2 aromatic carbocycles. The van der Waals surface area contributed by atoms with Crippen LogP contribution in [0.25, 0.3) is 11.5 Å². The third-order valence-corrected chi connectivity index (χ3v) is 4.95. The fourth-order valence-corrected chi connectivity index (χ4v) is 3.35. The van der Waals surface area contributed by atoms with E-state index < -0.39 is 0 Å². The largest absolute Gasteiger partial charge is 0.444 e. The molecule has 0 unspecified atom stereocenters. The molecular weight excluding hydrogens is 357 g/mol. The zero-order valence-corrected chi connectivity index (χ0v) is 16.2. The van der Waals surface area contributed by atoms with Gasteiger partial charge in [-0.1, -0.05) is 12.1 Å². The zero-order chi connectivity index (χ0) is 19.5. The number of anilines is 2. The van der Waals surface area contributed by atoms with Crippen LogP contribution >= 0.6 is 0 Å². The van der Waals surface area contributed by atoms with Crippen LogP contribution in [0.5, 0.6) is 0 Å². The number of halogens is 1. The summed E-state index contributed by atoms with van der Waals surface area (Å²) in [4.78, 5) is 6.41. The normalized spacial score (nSPS) is 14.3. The number of hydrogen-bond acceptors (Lipinski definition) is 5. The number of benzene rings is 2. The highest BCUT2D eigenvalue weighted by atomic mass is 19.1. The van der Waals surface area contributed by atoms with Gasteiger partial charge in [0, 0.05) is 30.9 Å². The number of nitrogens with zero attached hydrogens (tertiary/aromatic N) is 2. The second-order valence-electron chi connectivity index (χ2n) is 7.06. The number of nitrogens with one attached hydrogen (secondary N) is 1. The number of oxazole rings is 1. The average molecular weight is 381 g/mol. The summed E-state index contributed by atoms with van der Waals surface area (Å²) in [6, 6.07) is 11.5. The van der Waals surface area contributed by atoms with Crippen molar-refractivity contribution in [2.75, 3.05) is 36.5 Å². The number of aromatic nitrogens is 1. The molecule has 0 aliphatic carbocycles. The molecule has 2 heterocycles. The molecule has 146 valence electrons. The summed E-state index contributed by atoms with van der Waals surface area (Å²) in [6.45, 7) is 7.20. The van der Waals surface area contributed by atoms with Gasteiger partial charge >= 0.3 is 0 Å². The molecule has 6 heteroatoms. The smallest absolute Gasteiger partial charge is 0.226 e. The predicted molar refractivity (Wildman–Crippen MR) is 108 cm³/mol. The quantitative estimate of drug-likeness (QED) is 0.703. The molecule has 4 rings (SSSR count). The molecule has 0 bridgehead atoms. The highest BCUT2D eigenvalue weighted by Gasteiger charge is 2.15. The maximum absolute atomic E-state index is 14.6. The second-order valence-corrected chi connectivity index (χ2v) is 7.06. The van der Waals surface area contributed by atoms with Crippen LogP contribution in [-0.4, -0.2) is 31.3 Å². The summed E-state index contributed by atoms with van der Waals surface area (Å²) in [6.07, 6.45) is 1.64. The van der Waals surface area contributed by atoms with Crippen LogP contribution in [0.15, 0.2) is 47.1 Å². The lowest BCUT2D eigenvalue weighted by atomic mass is 10.1. The van der Waals surface area contributed by atoms with Crippen molar-refractivity contribution >= 4 is 11.4 Å². The van der Waals surface area contributed by atoms with Crippen LogP contribution in [0, 0.1) is 19.7 Å². The van der Waals surface area contributed by atoms with E-state index in [9.17, 15) is 4.39 Å². The number of hydrogen-bond donors (Lipinski definition) is 1. The van der Waals surface area contributed by atoms with Crippen molar-refractivity contribution in [2.45, 2.75) is 20.4 Å². The molecule has 1 saturated heterocycles. The molecule has 3 aromatic rings. The van der Waals surface area contributed by atoms with Crippen molar-refractivity contribution in [3.8, 4) is 11.5 Å². The Hall–Kier alpha value is -2.86. The first-order chi connectivity index (χ1) is 13.6. The standard InChI is InChI=1S/C22H24FN3O2/c1-15-3-5-18(22-25-16(2)14-28-22)12-20(15)24-13-17-4-6-21(19(23)11-17)26-7-9-27-10-8-26/h3-6,11-12,14,24H,7-10,13H2,1-2H3. The summed E-state index contributed by atoms with van der Waals surface area (Å²) >= 11 is 0. The molecule has 0 saturated carbocycles. The molecule has 0 atom stereocenters. The van der Waals surface area contributed by atoms with Crippen LogP contribution in [0.1, 0.15) is 16.8 Å². The molecule has 0 spiro atoms. The van der Waals surface area contributed by atoms with Gasteiger partial charge in [-0.05, 0) is 49.2 Å². The lowest BCUT2D eigenvalue weighted by Gasteiger charge is -2.29. The first kappa shape index (κ1) is 18.5. The van der Waals surface area contributed by atoms with E-state index in [1.165, 1.54) is 0 Å². The monoisotopic (exact) mass is 381 g/mol. The fraction of sp³-hybridized carbons (Fsp3) is 0.318. The van der Waals surface area contributed by atoms with Crippen molar-refractivity contribution in [3.63, 3.8) is 0 Å². The van der Waals surface area contributed by atoms with Gasteiger partial charge in [0.25, 0.3) is 0 Å². The van der Waals surface area contributed by atoms with Crippen LogP contribution in [-0.2, 0) is 11.3 Å². The summed E-state index contributed by atoms with van der Waals surface area (Å²) < 4.78 is 25.4. The third kappa shape index (κ3) is 4.02. The van der Waals surface area contributed by atoms with E-state index in [-0.39, 0.29) is 5.82 Å². The maximum atomic E-state index is 14.6. The number of aryl methyl sites for hydroxylation is 2. The summed E-state index contributed by atoms with van der Waals surface area (Å²) in [5.41, 5.74) is 5.38. The molecule has 0 radical (unpaired) electrons. The molecule has 5 nitrogen and oxygen atoms in total. The van der Waals surface area contributed by atoms with Gasteiger partial charge in [0.05, 0.1) is 24.6 Å². The molecule has 0 amide bonds. The molecule has 1 aromatic heterocycles. The lowest BCUT2D eigenvalue weighted by Crippen LogP contribution is -2.36. The number of morpholine rings is 1. The highest BCUT2D eigenvalue weighted by molar-refractivity contribution is 5.64. The van der Waals surface area contributed by atoms with E-state index >= 15 is 0 Å². The van der Waals surface area contributed by atoms with Gasteiger partial charge in [-0.25, -0.2) is 9.37 Å². The minimum absolute atomic E-state index is 0.193. The molecule has 28 heavy (non-hydrogen) atoms. The third-order valence-electron chi connectivity index (χ3n) is 4.95. The van der Waals surface area contributed by atoms with Crippen molar-refractivity contribution < 1.29 is 13.5 Å². The Morgan fingerprint density at radius 1 is 1.11 bits per heavy atom. The number of rotatable bonds is 5. The maximum Gasteiger partial charge on any atom is 0.226 e. The average Bonchev–Trinajstić information content (AvgIpc) is 3.14. The number of ether oxygens (including phenoxy) is 1. The van der Waals surface area contributed by atoms with E-state index in [2.05, 4.69) is 10.3 Å². The predicted octanol–water partition coefficient (Wildman–Crippen LogP) is 4.55. The molecule has 1 N–H and O–H groups in total. The van der Waals surface area contributed by atoms with Crippen molar-refractivity contribution in [1.82, 2.24) is 4.98 Å². The van der Waals surface area contributed by atoms with Crippen molar-refractivity contribution in [1.29, 1.82) is 0 Å². The molecule has 1 aliphatic heterocycles. The molecule has 1 fully saturated rings. The Morgan fingerprint density at radius 2 is 1.93 bits per heavy atom. The highest BCUT2D eigenvalue weighted by Crippen LogP contribution is 2.26. The Bertz CT molecular complexity index is 964. The first-order valence-corrected chi connectivity index (χ1v) is 9.48. The van der Waals surface area contributed by atoms with Crippen molar-refractivity contribution in [3.05, 3.63) is 65.3 Å². The van der Waals surface area contributed by atoms with Crippen LogP contribution < -0.4 is 10.2 Å². The Kier molecular flexibility index (Phi) is 5.30. The minimum atomic E-state index is -0.193. The summed E-state index contributed by atoms with van der Waals surface area (Å²) in [7, 11) is 0. The molecular formula is C22H24FN3O2. The molecule has 1 aliphatic rings.